The highest BCUT2D eigenvalue weighted by Gasteiger charge is 2.24. The van der Waals surface area contributed by atoms with Crippen LogP contribution in [0.25, 0.3) is 0 Å². The van der Waals surface area contributed by atoms with Gasteiger partial charge in [0.2, 0.25) is 0 Å². The van der Waals surface area contributed by atoms with Gasteiger partial charge in [-0.1, -0.05) is 23.7 Å². The van der Waals surface area contributed by atoms with Gasteiger partial charge in [0.1, 0.15) is 17.6 Å². The van der Waals surface area contributed by atoms with E-state index in [1.807, 2.05) is 12.1 Å². The lowest BCUT2D eigenvalue weighted by Crippen LogP contribution is -2.43. The maximum Gasteiger partial charge on any atom is 0.339 e. The molecule has 1 aliphatic heterocycles. The lowest BCUT2D eigenvalue weighted by atomic mass is 10.1. The number of hydrogen-bond acceptors (Lipinski definition) is 4. The Labute approximate surface area is 150 Å². The van der Waals surface area contributed by atoms with Crippen LogP contribution in [-0.4, -0.2) is 30.1 Å². The topological polar surface area (TPSA) is 71.8 Å². The van der Waals surface area contributed by atoms with Crippen LogP contribution in [0.4, 0.5) is 10.5 Å². The van der Waals surface area contributed by atoms with E-state index >= 15 is 0 Å². The molecule has 2 heterocycles. The molecule has 6 nitrogen and oxygen atoms in total. The number of amides is 2. The second kappa shape index (κ2) is 7.61. The molecule has 0 aliphatic carbocycles. The molecule has 2 aromatic rings. The number of para-hydroxylation sites is 1. The van der Waals surface area contributed by atoms with Crippen LogP contribution in [0, 0.1) is 6.92 Å². The van der Waals surface area contributed by atoms with E-state index in [0.29, 0.717) is 48.2 Å². The Balaban J connectivity index is 1.54. The number of ether oxygens (including phenoxy) is 1. The van der Waals surface area contributed by atoms with Crippen molar-refractivity contribution in [2.75, 3.05) is 18.4 Å². The van der Waals surface area contributed by atoms with E-state index in [1.165, 1.54) is 6.07 Å². The quantitative estimate of drug-likeness (QED) is 0.904. The fourth-order valence-corrected chi connectivity index (χ4v) is 2.95. The Kier molecular flexibility index (Phi) is 5.28. The lowest BCUT2D eigenvalue weighted by Gasteiger charge is -2.32. The summed E-state index contributed by atoms with van der Waals surface area (Å²) in [5.74, 6) is 1.02. The van der Waals surface area contributed by atoms with Gasteiger partial charge in [0.15, 0.2) is 0 Å². The summed E-state index contributed by atoms with van der Waals surface area (Å²) in [5.41, 5.74) is 0.172. The molecule has 0 atom stereocenters. The predicted molar refractivity (Wildman–Crippen MR) is 95.4 cm³/mol. The Hall–Kier alpha value is -2.47. The Bertz CT molecular complexity index is 813. The first-order valence-corrected chi connectivity index (χ1v) is 8.48. The highest BCUT2D eigenvalue weighted by Crippen LogP contribution is 2.22. The molecule has 132 valence electrons. The molecule has 0 saturated carbocycles. The van der Waals surface area contributed by atoms with Crippen molar-refractivity contribution in [3.05, 3.63) is 57.6 Å². The number of rotatable bonds is 3. The molecule has 2 amide bonds. The highest BCUT2D eigenvalue weighted by atomic mass is 35.5. The molecule has 1 saturated heterocycles. The van der Waals surface area contributed by atoms with E-state index in [2.05, 4.69) is 5.32 Å². The number of halogens is 1. The molecular weight excluding hydrogens is 344 g/mol. The van der Waals surface area contributed by atoms with Crippen molar-refractivity contribution in [2.24, 2.45) is 0 Å². The first-order chi connectivity index (χ1) is 12.0. The number of anilines is 1. The van der Waals surface area contributed by atoms with E-state index in [0.717, 1.165) is 0 Å². The van der Waals surface area contributed by atoms with Crippen LogP contribution in [0.5, 0.6) is 5.75 Å². The maximum absolute atomic E-state index is 12.3. The van der Waals surface area contributed by atoms with E-state index in [-0.39, 0.29) is 12.1 Å². The SMILES string of the molecule is Cc1cc(OC2CCN(C(=O)Nc3ccccc3Cl)CC2)cc(=O)o1. The van der Waals surface area contributed by atoms with Crippen LogP contribution in [0.2, 0.25) is 5.02 Å². The summed E-state index contributed by atoms with van der Waals surface area (Å²) < 4.78 is 10.8. The molecule has 1 fully saturated rings. The second-order valence-corrected chi connectivity index (χ2v) is 6.34. The summed E-state index contributed by atoms with van der Waals surface area (Å²) in [6.45, 7) is 2.85. The van der Waals surface area contributed by atoms with Gasteiger partial charge in [-0.25, -0.2) is 9.59 Å². The first-order valence-electron chi connectivity index (χ1n) is 8.10. The molecular formula is C18H19ClN2O4. The molecule has 1 aromatic carbocycles. The monoisotopic (exact) mass is 362 g/mol. The third-order valence-corrected chi connectivity index (χ3v) is 4.34. The molecule has 25 heavy (non-hydrogen) atoms. The Morgan fingerprint density at radius 1 is 1.28 bits per heavy atom. The molecule has 7 heteroatoms. The minimum absolute atomic E-state index is 0.0365. The smallest absolute Gasteiger partial charge is 0.339 e. The molecule has 0 bridgehead atoms. The van der Waals surface area contributed by atoms with Crippen LogP contribution < -0.4 is 15.7 Å². The van der Waals surface area contributed by atoms with Gasteiger partial charge >= 0.3 is 11.7 Å². The van der Waals surface area contributed by atoms with E-state index < -0.39 is 5.63 Å². The minimum Gasteiger partial charge on any atom is -0.490 e. The number of nitrogens with one attached hydrogen (secondary N) is 1. The third kappa shape index (κ3) is 4.54. The van der Waals surface area contributed by atoms with Crippen LogP contribution in [0.15, 0.2) is 45.6 Å². The molecule has 0 radical (unpaired) electrons. The van der Waals surface area contributed by atoms with Gasteiger partial charge < -0.3 is 19.4 Å². The summed E-state index contributed by atoms with van der Waals surface area (Å²) in [6, 6.07) is 9.98. The Morgan fingerprint density at radius 2 is 2.00 bits per heavy atom. The van der Waals surface area contributed by atoms with Crippen molar-refractivity contribution in [3.8, 4) is 5.75 Å². The molecule has 1 aromatic heterocycles. The summed E-state index contributed by atoms with van der Waals surface area (Å²) in [4.78, 5) is 25.4. The van der Waals surface area contributed by atoms with Gasteiger partial charge in [0.25, 0.3) is 0 Å². The number of urea groups is 1. The van der Waals surface area contributed by atoms with Crippen LogP contribution >= 0.6 is 11.6 Å². The second-order valence-electron chi connectivity index (χ2n) is 5.94. The summed E-state index contributed by atoms with van der Waals surface area (Å²) in [7, 11) is 0. The highest BCUT2D eigenvalue weighted by molar-refractivity contribution is 6.33. The fourth-order valence-electron chi connectivity index (χ4n) is 2.77. The summed E-state index contributed by atoms with van der Waals surface area (Å²) in [5, 5.41) is 3.33. The average molecular weight is 363 g/mol. The molecule has 1 aliphatic rings. The van der Waals surface area contributed by atoms with Crippen molar-refractivity contribution in [3.63, 3.8) is 0 Å². The number of likely N-dealkylation sites (tertiary alicyclic amines) is 1. The van der Waals surface area contributed by atoms with Gasteiger partial charge in [-0.2, -0.15) is 0 Å². The van der Waals surface area contributed by atoms with Gasteiger partial charge in [-0.3, -0.25) is 0 Å². The number of carbonyl (C=O) groups excluding carboxylic acids is 1. The first kappa shape index (κ1) is 17.4. The molecule has 1 N–H and O–H groups in total. The molecule has 0 unspecified atom stereocenters. The number of nitrogens with zero attached hydrogens (tertiary/aromatic N) is 1. The van der Waals surface area contributed by atoms with Crippen LogP contribution in [0.3, 0.4) is 0 Å². The zero-order valence-electron chi connectivity index (χ0n) is 13.8. The predicted octanol–water partition coefficient (Wildman–Crippen LogP) is 3.68. The zero-order valence-corrected chi connectivity index (χ0v) is 14.6. The summed E-state index contributed by atoms with van der Waals surface area (Å²) >= 11 is 6.06. The maximum atomic E-state index is 12.3. The minimum atomic E-state index is -0.424. The van der Waals surface area contributed by atoms with Crippen molar-refractivity contribution >= 4 is 23.3 Å². The van der Waals surface area contributed by atoms with Gasteiger partial charge in [0, 0.05) is 32.0 Å². The van der Waals surface area contributed by atoms with Crippen LogP contribution in [0.1, 0.15) is 18.6 Å². The van der Waals surface area contributed by atoms with Gasteiger partial charge in [0.05, 0.1) is 16.8 Å². The van der Waals surface area contributed by atoms with Gasteiger partial charge in [-0.05, 0) is 19.1 Å². The normalized spacial score (nSPS) is 15.0. The number of carbonyl (C=O) groups is 1. The van der Waals surface area contributed by atoms with Gasteiger partial charge in [-0.15, -0.1) is 0 Å². The number of piperidine rings is 1. The summed E-state index contributed by atoms with van der Waals surface area (Å²) in [6.07, 6.45) is 1.34. The standard InChI is InChI=1S/C18H19ClN2O4/c1-12-10-14(11-17(22)24-12)25-13-6-8-21(9-7-13)18(23)20-16-5-3-2-4-15(16)19/h2-5,10-11,13H,6-9H2,1H3,(H,20,23). The van der Waals surface area contributed by atoms with Crippen molar-refractivity contribution in [2.45, 2.75) is 25.9 Å². The van der Waals surface area contributed by atoms with E-state index in [1.54, 1.807) is 30.0 Å². The number of benzene rings is 1. The molecule has 3 rings (SSSR count). The van der Waals surface area contributed by atoms with Crippen molar-refractivity contribution < 1.29 is 13.9 Å². The van der Waals surface area contributed by atoms with Crippen molar-refractivity contribution in [1.29, 1.82) is 0 Å². The third-order valence-electron chi connectivity index (χ3n) is 4.01. The fraction of sp³-hybridized carbons (Fsp3) is 0.333. The Morgan fingerprint density at radius 3 is 2.68 bits per heavy atom. The number of hydrogen-bond donors (Lipinski definition) is 1. The zero-order chi connectivity index (χ0) is 17.8. The molecule has 0 spiro atoms. The van der Waals surface area contributed by atoms with Crippen LogP contribution in [-0.2, 0) is 0 Å². The van der Waals surface area contributed by atoms with E-state index in [9.17, 15) is 9.59 Å². The number of aryl methyl sites for hydroxylation is 1. The van der Waals surface area contributed by atoms with Crippen molar-refractivity contribution in [1.82, 2.24) is 4.90 Å². The average Bonchev–Trinajstić information content (AvgIpc) is 2.56. The largest absolute Gasteiger partial charge is 0.490 e. The lowest BCUT2D eigenvalue weighted by molar-refractivity contribution is 0.115. The van der Waals surface area contributed by atoms with E-state index in [4.69, 9.17) is 20.8 Å².